The second kappa shape index (κ2) is 9.78. The van der Waals surface area contributed by atoms with Crippen molar-refractivity contribution in [1.29, 1.82) is 5.26 Å². The predicted molar refractivity (Wildman–Crippen MR) is 96.6 cm³/mol. The van der Waals surface area contributed by atoms with E-state index in [0.717, 1.165) is 29.0 Å². The number of thiocarbonyl (C=S) groups is 1. The van der Waals surface area contributed by atoms with Crippen LogP contribution in [-0.4, -0.2) is 27.9 Å². The number of hydrogen-bond donors (Lipinski definition) is 2. The maximum Gasteiger partial charge on any atom is 0.220 e. The van der Waals surface area contributed by atoms with E-state index in [1.807, 2.05) is 13.0 Å². The van der Waals surface area contributed by atoms with Crippen LogP contribution in [0.15, 0.2) is 23.8 Å². The zero-order chi connectivity index (χ0) is 16.4. The van der Waals surface area contributed by atoms with Crippen molar-refractivity contribution in [1.82, 2.24) is 5.32 Å². The number of thioether (sulfide) groups is 1. The van der Waals surface area contributed by atoms with Crippen LogP contribution in [0.1, 0.15) is 39.0 Å². The third kappa shape index (κ3) is 6.73. The second-order valence-corrected chi connectivity index (χ2v) is 7.54. The zero-order valence-electron chi connectivity index (χ0n) is 12.9. The molecule has 4 nitrogen and oxygen atoms in total. The Balaban J connectivity index is 2.48. The lowest BCUT2D eigenvalue weighted by Crippen LogP contribution is -2.29. The summed E-state index contributed by atoms with van der Waals surface area (Å²) in [7, 11) is 0. The number of hydrogen-bond acceptors (Lipinski definition) is 5. The van der Waals surface area contributed by atoms with Crippen LogP contribution in [0.2, 0.25) is 0 Å². The van der Waals surface area contributed by atoms with Gasteiger partial charge in [0.2, 0.25) is 5.91 Å². The monoisotopic (exact) mass is 337 g/mol. The molecule has 0 heterocycles. The topological polar surface area (TPSA) is 78.9 Å². The number of nitrogens with zero attached hydrogens (tertiary/aromatic N) is 1. The van der Waals surface area contributed by atoms with E-state index < -0.39 is 4.75 Å². The number of carbonyl (C=O) groups is 1. The quantitative estimate of drug-likeness (QED) is 0.526. The van der Waals surface area contributed by atoms with Gasteiger partial charge in [-0.15, -0.1) is 0 Å². The van der Waals surface area contributed by atoms with Crippen LogP contribution < -0.4 is 11.1 Å². The Morgan fingerprint density at radius 1 is 1.59 bits per heavy atom. The number of nitrogens with one attached hydrogen (secondary N) is 1. The standard InChI is InChI=1S/C16H23N3OS2/c1-16(12-18,9-8-14(20)19-11-5-10-17)22-15(21)13-6-3-2-4-7-13/h3,6-7H,2,4-5,8-11,17H2,1H3,(H,19,20). The maximum absolute atomic E-state index is 11.7. The summed E-state index contributed by atoms with van der Waals surface area (Å²) in [6.07, 6.45) is 9.79. The number of amides is 1. The van der Waals surface area contributed by atoms with E-state index in [1.165, 1.54) is 11.8 Å². The number of nitrogens with two attached hydrogens (primary N) is 1. The smallest absolute Gasteiger partial charge is 0.220 e. The third-order valence-corrected chi connectivity index (χ3v) is 4.97. The molecule has 0 aromatic rings. The molecule has 1 aliphatic carbocycles. The minimum Gasteiger partial charge on any atom is -0.356 e. The highest BCUT2D eigenvalue weighted by atomic mass is 32.2. The van der Waals surface area contributed by atoms with Gasteiger partial charge in [-0.05, 0) is 44.7 Å². The minimum absolute atomic E-state index is 0.0433. The summed E-state index contributed by atoms with van der Waals surface area (Å²) >= 11 is 6.81. The first kappa shape index (κ1) is 18.9. The van der Waals surface area contributed by atoms with Gasteiger partial charge < -0.3 is 11.1 Å². The van der Waals surface area contributed by atoms with Gasteiger partial charge >= 0.3 is 0 Å². The molecule has 0 aliphatic heterocycles. The molecule has 0 bridgehead atoms. The maximum atomic E-state index is 11.7. The molecular formula is C16H23N3OS2. The van der Waals surface area contributed by atoms with Gasteiger partial charge in [0.1, 0.15) is 4.75 Å². The second-order valence-electron chi connectivity index (χ2n) is 5.36. The van der Waals surface area contributed by atoms with E-state index in [2.05, 4.69) is 23.5 Å². The fourth-order valence-electron chi connectivity index (χ4n) is 1.93. The highest BCUT2D eigenvalue weighted by Crippen LogP contribution is 2.34. The number of nitriles is 1. The average molecular weight is 338 g/mol. The summed E-state index contributed by atoms with van der Waals surface area (Å²) in [5.41, 5.74) is 6.40. The third-order valence-electron chi connectivity index (χ3n) is 3.32. The Kier molecular flexibility index (Phi) is 8.39. The molecule has 1 rings (SSSR count). The molecule has 1 unspecified atom stereocenters. The Morgan fingerprint density at radius 3 is 2.95 bits per heavy atom. The molecule has 0 radical (unpaired) electrons. The Labute approximate surface area is 142 Å². The summed E-state index contributed by atoms with van der Waals surface area (Å²) in [5, 5.41) is 12.2. The van der Waals surface area contributed by atoms with E-state index in [4.69, 9.17) is 18.0 Å². The van der Waals surface area contributed by atoms with Crippen molar-refractivity contribution >= 4 is 34.1 Å². The highest BCUT2D eigenvalue weighted by molar-refractivity contribution is 8.24. The predicted octanol–water partition coefficient (Wildman–Crippen LogP) is 2.85. The molecule has 1 aliphatic rings. The molecule has 22 heavy (non-hydrogen) atoms. The van der Waals surface area contributed by atoms with Crippen LogP contribution in [-0.2, 0) is 4.79 Å². The molecule has 0 aromatic carbocycles. The SMILES string of the molecule is CC(C#N)(CCC(=O)NCCCN)SC(=S)C1=CCCC=C1. The summed E-state index contributed by atoms with van der Waals surface area (Å²) in [4.78, 5) is 11.7. The van der Waals surface area contributed by atoms with Gasteiger partial charge in [-0.2, -0.15) is 5.26 Å². The Hall–Kier alpha value is -1.16. The summed E-state index contributed by atoms with van der Waals surface area (Å²) in [5.74, 6) is -0.0433. The van der Waals surface area contributed by atoms with Crippen molar-refractivity contribution in [3.05, 3.63) is 23.8 Å². The van der Waals surface area contributed by atoms with Gasteiger partial charge in [0.25, 0.3) is 0 Å². The van der Waals surface area contributed by atoms with Gasteiger partial charge in [-0.1, -0.05) is 42.2 Å². The highest BCUT2D eigenvalue weighted by Gasteiger charge is 2.28. The molecule has 120 valence electrons. The van der Waals surface area contributed by atoms with Crippen molar-refractivity contribution in [2.45, 2.75) is 43.8 Å². The summed E-state index contributed by atoms with van der Waals surface area (Å²) < 4.78 is 0.0394. The molecule has 1 atom stereocenters. The average Bonchev–Trinajstić information content (AvgIpc) is 2.54. The van der Waals surface area contributed by atoms with E-state index in [9.17, 15) is 10.1 Å². The molecule has 0 spiro atoms. The fraction of sp³-hybridized carbons (Fsp3) is 0.562. The zero-order valence-corrected chi connectivity index (χ0v) is 14.6. The van der Waals surface area contributed by atoms with Gasteiger partial charge in [0.15, 0.2) is 0 Å². The lowest BCUT2D eigenvalue weighted by molar-refractivity contribution is -0.121. The normalized spacial score (nSPS) is 16.3. The molecule has 6 heteroatoms. The van der Waals surface area contributed by atoms with E-state index in [0.29, 0.717) is 25.9 Å². The number of rotatable bonds is 8. The van der Waals surface area contributed by atoms with Crippen molar-refractivity contribution in [3.63, 3.8) is 0 Å². The Morgan fingerprint density at radius 2 is 2.36 bits per heavy atom. The van der Waals surface area contributed by atoms with E-state index in [1.54, 1.807) is 0 Å². The van der Waals surface area contributed by atoms with Crippen molar-refractivity contribution in [2.24, 2.45) is 5.73 Å². The molecule has 0 fully saturated rings. The minimum atomic E-state index is -0.686. The first-order chi connectivity index (χ1) is 10.5. The largest absolute Gasteiger partial charge is 0.356 e. The van der Waals surface area contributed by atoms with Crippen LogP contribution in [0.4, 0.5) is 0 Å². The molecular weight excluding hydrogens is 314 g/mol. The van der Waals surface area contributed by atoms with Gasteiger partial charge in [-0.3, -0.25) is 4.79 Å². The lowest BCUT2D eigenvalue weighted by Gasteiger charge is -2.22. The van der Waals surface area contributed by atoms with Crippen LogP contribution in [0, 0.1) is 11.3 Å². The van der Waals surface area contributed by atoms with Crippen molar-refractivity contribution in [2.75, 3.05) is 13.1 Å². The lowest BCUT2D eigenvalue weighted by atomic mass is 10.1. The van der Waals surface area contributed by atoms with Crippen molar-refractivity contribution in [3.8, 4) is 6.07 Å². The fourth-order valence-corrected chi connectivity index (χ4v) is 3.56. The van der Waals surface area contributed by atoms with Gasteiger partial charge in [-0.25, -0.2) is 0 Å². The van der Waals surface area contributed by atoms with Crippen LogP contribution >= 0.6 is 24.0 Å². The molecule has 1 amide bonds. The summed E-state index contributed by atoms with van der Waals surface area (Å²) in [6, 6.07) is 2.30. The van der Waals surface area contributed by atoms with Gasteiger partial charge in [0.05, 0.1) is 10.3 Å². The first-order valence-corrected chi connectivity index (χ1v) is 8.71. The van der Waals surface area contributed by atoms with E-state index in [-0.39, 0.29) is 5.91 Å². The molecule has 0 saturated carbocycles. The Bertz CT molecular complexity index is 508. The van der Waals surface area contributed by atoms with Crippen LogP contribution in [0.25, 0.3) is 0 Å². The van der Waals surface area contributed by atoms with Crippen molar-refractivity contribution < 1.29 is 4.79 Å². The summed E-state index contributed by atoms with van der Waals surface area (Å²) in [6.45, 7) is 2.98. The van der Waals surface area contributed by atoms with Crippen LogP contribution in [0.5, 0.6) is 0 Å². The number of carbonyl (C=O) groups excluding carboxylic acids is 1. The molecule has 0 saturated heterocycles. The molecule has 3 N–H and O–H groups in total. The van der Waals surface area contributed by atoms with Crippen LogP contribution in [0.3, 0.4) is 0 Å². The van der Waals surface area contributed by atoms with Gasteiger partial charge in [0, 0.05) is 13.0 Å². The number of allylic oxidation sites excluding steroid dienone is 3. The first-order valence-electron chi connectivity index (χ1n) is 7.49. The van der Waals surface area contributed by atoms with E-state index >= 15 is 0 Å². The molecule has 0 aromatic heterocycles.